The van der Waals surface area contributed by atoms with E-state index in [-0.39, 0.29) is 12.1 Å². The SMILES string of the molecule is Cc1ccc(C2CC=C(SCCc3ccccc3)C(=O)O2)cc1. The molecule has 0 spiro atoms. The fourth-order valence-electron chi connectivity index (χ4n) is 2.56. The van der Waals surface area contributed by atoms with E-state index in [1.165, 1.54) is 11.1 Å². The highest BCUT2D eigenvalue weighted by Gasteiger charge is 2.24. The van der Waals surface area contributed by atoms with Gasteiger partial charge in [0.1, 0.15) is 6.10 Å². The first-order chi connectivity index (χ1) is 11.2. The first-order valence-electron chi connectivity index (χ1n) is 7.87. The van der Waals surface area contributed by atoms with Crippen molar-refractivity contribution in [3.05, 3.63) is 82.3 Å². The van der Waals surface area contributed by atoms with Crippen molar-refractivity contribution in [1.29, 1.82) is 0 Å². The number of hydrogen-bond acceptors (Lipinski definition) is 3. The summed E-state index contributed by atoms with van der Waals surface area (Å²) >= 11 is 1.59. The summed E-state index contributed by atoms with van der Waals surface area (Å²) < 4.78 is 5.60. The van der Waals surface area contributed by atoms with Crippen LogP contribution in [-0.2, 0) is 16.0 Å². The van der Waals surface area contributed by atoms with Gasteiger partial charge in [-0.1, -0.05) is 66.2 Å². The lowest BCUT2D eigenvalue weighted by Crippen LogP contribution is -2.17. The zero-order valence-corrected chi connectivity index (χ0v) is 14.0. The number of aryl methyl sites for hydroxylation is 2. The number of carbonyl (C=O) groups is 1. The van der Waals surface area contributed by atoms with Crippen LogP contribution in [0.25, 0.3) is 0 Å². The second-order valence-corrected chi connectivity index (χ2v) is 6.83. The summed E-state index contributed by atoms with van der Waals surface area (Å²) in [5.74, 6) is 0.694. The van der Waals surface area contributed by atoms with Gasteiger partial charge in [-0.3, -0.25) is 0 Å². The monoisotopic (exact) mass is 324 g/mol. The molecule has 118 valence electrons. The van der Waals surface area contributed by atoms with Crippen molar-refractivity contribution >= 4 is 17.7 Å². The van der Waals surface area contributed by atoms with E-state index in [1.807, 2.05) is 36.4 Å². The van der Waals surface area contributed by atoms with E-state index >= 15 is 0 Å². The Hall–Kier alpha value is -2.00. The van der Waals surface area contributed by atoms with E-state index in [4.69, 9.17) is 4.74 Å². The Morgan fingerprint density at radius 2 is 1.83 bits per heavy atom. The van der Waals surface area contributed by atoms with Gasteiger partial charge in [-0.25, -0.2) is 4.79 Å². The number of carbonyl (C=O) groups excluding carboxylic acids is 1. The molecule has 0 bridgehead atoms. The zero-order valence-electron chi connectivity index (χ0n) is 13.2. The normalized spacial score (nSPS) is 17.5. The topological polar surface area (TPSA) is 26.3 Å². The zero-order chi connectivity index (χ0) is 16.1. The van der Waals surface area contributed by atoms with E-state index in [2.05, 4.69) is 31.2 Å². The molecule has 1 atom stereocenters. The fraction of sp³-hybridized carbons (Fsp3) is 0.250. The van der Waals surface area contributed by atoms with Gasteiger partial charge < -0.3 is 4.74 Å². The highest BCUT2D eigenvalue weighted by atomic mass is 32.2. The van der Waals surface area contributed by atoms with Crippen LogP contribution in [0.1, 0.15) is 29.2 Å². The summed E-state index contributed by atoms with van der Waals surface area (Å²) in [6.07, 6.45) is 3.58. The summed E-state index contributed by atoms with van der Waals surface area (Å²) in [6.45, 7) is 2.05. The molecule has 1 aliphatic rings. The molecule has 0 saturated carbocycles. The van der Waals surface area contributed by atoms with Crippen molar-refractivity contribution < 1.29 is 9.53 Å². The lowest BCUT2D eigenvalue weighted by atomic mass is 10.0. The van der Waals surface area contributed by atoms with Crippen LogP contribution in [0.5, 0.6) is 0 Å². The molecule has 0 saturated heterocycles. The predicted octanol–water partition coefficient (Wildman–Crippen LogP) is 4.84. The lowest BCUT2D eigenvalue weighted by Gasteiger charge is -2.22. The molecule has 0 aromatic heterocycles. The molecule has 3 rings (SSSR count). The Labute approximate surface area is 141 Å². The van der Waals surface area contributed by atoms with E-state index in [0.717, 1.165) is 29.1 Å². The van der Waals surface area contributed by atoms with Gasteiger partial charge in [0.25, 0.3) is 0 Å². The summed E-state index contributed by atoms with van der Waals surface area (Å²) in [4.78, 5) is 12.9. The molecule has 0 aliphatic carbocycles. The second-order valence-electron chi connectivity index (χ2n) is 5.69. The highest BCUT2D eigenvalue weighted by Crippen LogP contribution is 2.32. The minimum atomic E-state index is -0.195. The molecular formula is C20H20O2S. The maximum atomic E-state index is 12.2. The van der Waals surface area contributed by atoms with E-state index in [1.54, 1.807) is 11.8 Å². The van der Waals surface area contributed by atoms with Crippen molar-refractivity contribution in [2.45, 2.75) is 25.9 Å². The Morgan fingerprint density at radius 3 is 2.52 bits per heavy atom. The van der Waals surface area contributed by atoms with Gasteiger partial charge in [0.05, 0.1) is 4.91 Å². The number of hydrogen-bond donors (Lipinski definition) is 0. The molecule has 3 heteroatoms. The molecule has 0 amide bonds. The predicted molar refractivity (Wildman–Crippen MR) is 95.3 cm³/mol. The summed E-state index contributed by atoms with van der Waals surface area (Å²) in [6, 6.07) is 18.5. The molecule has 0 radical (unpaired) electrons. The molecule has 2 aromatic carbocycles. The molecule has 1 heterocycles. The van der Waals surface area contributed by atoms with E-state index < -0.39 is 0 Å². The molecule has 0 fully saturated rings. The molecule has 1 unspecified atom stereocenters. The largest absolute Gasteiger partial charge is 0.453 e. The Balaban J connectivity index is 1.55. The number of esters is 1. The van der Waals surface area contributed by atoms with Crippen LogP contribution < -0.4 is 0 Å². The number of thioether (sulfide) groups is 1. The average molecular weight is 324 g/mol. The highest BCUT2D eigenvalue weighted by molar-refractivity contribution is 8.03. The summed E-state index contributed by atoms with van der Waals surface area (Å²) in [5.41, 5.74) is 3.57. The van der Waals surface area contributed by atoms with Crippen molar-refractivity contribution in [3.8, 4) is 0 Å². The summed E-state index contributed by atoms with van der Waals surface area (Å²) in [7, 11) is 0. The quantitative estimate of drug-likeness (QED) is 0.736. The fourth-order valence-corrected chi connectivity index (χ4v) is 3.50. The van der Waals surface area contributed by atoms with Crippen LogP contribution in [0.2, 0.25) is 0 Å². The van der Waals surface area contributed by atoms with E-state index in [0.29, 0.717) is 0 Å². The van der Waals surface area contributed by atoms with E-state index in [9.17, 15) is 4.79 Å². The van der Waals surface area contributed by atoms with Crippen molar-refractivity contribution in [2.75, 3.05) is 5.75 Å². The smallest absolute Gasteiger partial charge is 0.344 e. The maximum Gasteiger partial charge on any atom is 0.344 e. The van der Waals surface area contributed by atoms with Crippen LogP contribution in [0.3, 0.4) is 0 Å². The van der Waals surface area contributed by atoms with Crippen molar-refractivity contribution in [1.82, 2.24) is 0 Å². The molecule has 1 aliphatic heterocycles. The van der Waals surface area contributed by atoms with Gasteiger partial charge in [0.2, 0.25) is 0 Å². The minimum absolute atomic E-state index is 0.151. The maximum absolute atomic E-state index is 12.2. The second kappa shape index (κ2) is 7.51. The van der Waals surface area contributed by atoms with Crippen molar-refractivity contribution in [2.24, 2.45) is 0 Å². The molecule has 0 N–H and O–H groups in total. The number of rotatable bonds is 5. The number of ether oxygens (including phenoxy) is 1. The molecule has 2 aromatic rings. The van der Waals surface area contributed by atoms with Crippen LogP contribution in [0.4, 0.5) is 0 Å². The van der Waals surface area contributed by atoms with Crippen LogP contribution >= 0.6 is 11.8 Å². The lowest BCUT2D eigenvalue weighted by molar-refractivity contribution is -0.144. The first kappa shape index (κ1) is 15.9. The van der Waals surface area contributed by atoms with Crippen molar-refractivity contribution in [3.63, 3.8) is 0 Å². The average Bonchev–Trinajstić information content (AvgIpc) is 2.58. The Morgan fingerprint density at radius 1 is 1.09 bits per heavy atom. The minimum Gasteiger partial charge on any atom is -0.453 e. The van der Waals surface area contributed by atoms with Crippen LogP contribution in [0.15, 0.2) is 65.6 Å². The van der Waals surface area contributed by atoms with Gasteiger partial charge in [-0.15, -0.1) is 11.8 Å². The van der Waals surface area contributed by atoms with Crippen LogP contribution in [0, 0.1) is 6.92 Å². The van der Waals surface area contributed by atoms with Gasteiger partial charge in [-0.05, 0) is 24.5 Å². The number of cyclic esters (lactones) is 1. The molecular weight excluding hydrogens is 304 g/mol. The third kappa shape index (κ3) is 4.26. The first-order valence-corrected chi connectivity index (χ1v) is 8.85. The molecule has 2 nitrogen and oxygen atoms in total. The number of benzene rings is 2. The van der Waals surface area contributed by atoms with Gasteiger partial charge in [0, 0.05) is 12.2 Å². The molecule has 23 heavy (non-hydrogen) atoms. The van der Waals surface area contributed by atoms with Gasteiger partial charge in [-0.2, -0.15) is 0 Å². The Kier molecular flexibility index (Phi) is 5.19. The Bertz CT molecular complexity index is 689. The summed E-state index contributed by atoms with van der Waals surface area (Å²) in [5, 5.41) is 0. The third-order valence-electron chi connectivity index (χ3n) is 3.91. The third-order valence-corrected chi connectivity index (χ3v) is 4.96. The van der Waals surface area contributed by atoms with Crippen LogP contribution in [-0.4, -0.2) is 11.7 Å². The van der Waals surface area contributed by atoms with Gasteiger partial charge in [0.15, 0.2) is 0 Å². The standard InChI is InChI=1S/C20H20O2S/c1-15-7-9-17(10-8-15)18-11-12-19(20(21)22-18)23-14-13-16-5-3-2-4-6-16/h2-10,12,18H,11,13-14H2,1H3. The van der Waals surface area contributed by atoms with Gasteiger partial charge >= 0.3 is 5.97 Å².